The Kier molecular flexibility index (Phi) is 7.93. The highest BCUT2D eigenvalue weighted by molar-refractivity contribution is 5.75. The Morgan fingerprint density at radius 1 is 0.810 bits per heavy atom. The van der Waals surface area contributed by atoms with E-state index in [-0.39, 0.29) is 11.7 Å². The van der Waals surface area contributed by atoms with Crippen molar-refractivity contribution in [2.24, 2.45) is 0 Å². The molecule has 1 amide bonds. The molecule has 2 atom stereocenters. The number of hydrogen-bond donors (Lipinski definition) is 2. The van der Waals surface area contributed by atoms with Gasteiger partial charge >= 0.3 is 11.8 Å². The molecule has 0 saturated carbocycles. The van der Waals surface area contributed by atoms with Gasteiger partial charge in [0.15, 0.2) is 0 Å². The average Bonchev–Trinajstić information content (AvgIpc) is 3.36. The number of piperidine rings is 1. The quantitative estimate of drug-likeness (QED) is 0.211. The van der Waals surface area contributed by atoms with E-state index < -0.39 is 11.8 Å². The minimum atomic E-state index is -0.932. The molecule has 1 aromatic heterocycles. The summed E-state index contributed by atoms with van der Waals surface area (Å²) in [5, 5.41) is 10.7. The van der Waals surface area contributed by atoms with Gasteiger partial charge in [-0.15, -0.1) is 0 Å². The molecule has 2 heterocycles. The summed E-state index contributed by atoms with van der Waals surface area (Å²) >= 11 is 0. The highest BCUT2D eigenvalue weighted by Crippen LogP contribution is 2.42. The first-order chi connectivity index (χ1) is 20.5. The zero-order chi connectivity index (χ0) is 28.9. The Hall–Kier alpha value is -4.62. The molecular formula is C35H36N4O3. The highest BCUT2D eigenvalue weighted by atomic mass is 16.4. The summed E-state index contributed by atoms with van der Waals surface area (Å²) in [6, 6.07) is 38.3. The van der Waals surface area contributed by atoms with Crippen molar-refractivity contribution in [2.45, 2.75) is 50.5 Å². The maximum atomic E-state index is 13.4. The van der Waals surface area contributed by atoms with Crippen molar-refractivity contribution in [2.75, 3.05) is 6.54 Å². The van der Waals surface area contributed by atoms with E-state index in [2.05, 4.69) is 46.3 Å². The molecule has 1 fully saturated rings. The fourth-order valence-electron chi connectivity index (χ4n) is 6.65. The van der Waals surface area contributed by atoms with Gasteiger partial charge in [0.05, 0.1) is 11.0 Å². The van der Waals surface area contributed by atoms with Crippen molar-refractivity contribution >= 4 is 17.1 Å². The van der Waals surface area contributed by atoms with Gasteiger partial charge in [0.25, 0.3) is 0 Å². The number of rotatable bonds is 9. The maximum Gasteiger partial charge on any atom is 0.408 e. The number of benzene rings is 4. The summed E-state index contributed by atoms with van der Waals surface area (Å²) in [6.45, 7) is 1.48. The fourth-order valence-corrected chi connectivity index (χ4v) is 6.65. The van der Waals surface area contributed by atoms with Crippen molar-refractivity contribution in [1.82, 2.24) is 19.4 Å². The number of aryl methyl sites for hydroxylation is 1. The van der Waals surface area contributed by atoms with Gasteiger partial charge in [-0.2, -0.15) is 0 Å². The van der Waals surface area contributed by atoms with Crippen LogP contribution in [0.5, 0.6) is 0 Å². The van der Waals surface area contributed by atoms with Gasteiger partial charge in [-0.05, 0) is 48.1 Å². The van der Waals surface area contributed by atoms with Crippen LogP contribution < -0.4 is 5.69 Å². The molecule has 214 valence electrons. The summed E-state index contributed by atoms with van der Waals surface area (Å²) in [7, 11) is 0. The van der Waals surface area contributed by atoms with Crippen molar-refractivity contribution < 1.29 is 9.90 Å². The van der Waals surface area contributed by atoms with E-state index >= 15 is 0 Å². The number of aromatic nitrogens is 2. The molecule has 0 radical (unpaired) electrons. The summed E-state index contributed by atoms with van der Waals surface area (Å²) < 4.78 is 1.86. The number of aromatic amines is 1. The molecule has 0 aliphatic carbocycles. The van der Waals surface area contributed by atoms with Crippen LogP contribution in [0, 0.1) is 0 Å². The third kappa shape index (κ3) is 5.60. The van der Waals surface area contributed by atoms with Gasteiger partial charge in [-0.25, -0.2) is 9.59 Å². The standard InChI is InChI=1S/C35H36N4O3/c40-33-36-31-18-10-11-19-32(31)39(33)30-21-23-38(34(41)42)35(24-30,22-20-27-12-4-1-5-13-27)37(25-28-14-6-2-7-15-28)26-29-16-8-3-9-17-29/h1-19,30H,20-26H2,(H,36,40)(H,41,42)/t30?,35-/m0/s1. The van der Waals surface area contributed by atoms with Gasteiger partial charge in [0.1, 0.15) is 5.66 Å². The van der Waals surface area contributed by atoms with E-state index in [1.807, 2.05) is 83.4 Å². The number of carboxylic acid groups (broad SMARTS) is 1. The van der Waals surface area contributed by atoms with E-state index in [0.29, 0.717) is 45.3 Å². The van der Waals surface area contributed by atoms with E-state index in [0.717, 1.165) is 27.7 Å². The number of amides is 1. The smallest absolute Gasteiger partial charge is 0.408 e. The third-order valence-corrected chi connectivity index (χ3v) is 8.65. The molecule has 4 aromatic carbocycles. The molecule has 1 unspecified atom stereocenters. The first-order valence-corrected chi connectivity index (χ1v) is 14.6. The lowest BCUT2D eigenvalue weighted by Gasteiger charge is -2.54. The fraction of sp³-hybridized carbons (Fsp3) is 0.257. The first-order valence-electron chi connectivity index (χ1n) is 14.6. The Morgan fingerprint density at radius 3 is 1.95 bits per heavy atom. The topological polar surface area (TPSA) is 81.6 Å². The lowest BCUT2D eigenvalue weighted by Crippen LogP contribution is -2.65. The molecule has 42 heavy (non-hydrogen) atoms. The molecule has 1 saturated heterocycles. The number of likely N-dealkylation sites (tertiary alicyclic amines) is 1. The predicted molar refractivity (Wildman–Crippen MR) is 165 cm³/mol. The molecule has 7 heteroatoms. The molecule has 7 nitrogen and oxygen atoms in total. The number of fused-ring (bicyclic) bond motifs is 1. The molecule has 2 N–H and O–H groups in total. The predicted octanol–water partition coefficient (Wildman–Crippen LogP) is 6.68. The van der Waals surface area contributed by atoms with Crippen LogP contribution >= 0.6 is 0 Å². The van der Waals surface area contributed by atoms with Crippen LogP contribution in [0.2, 0.25) is 0 Å². The second-order valence-corrected chi connectivity index (χ2v) is 11.2. The molecule has 6 rings (SSSR count). The summed E-state index contributed by atoms with van der Waals surface area (Å²) in [5.41, 5.74) is 4.02. The summed E-state index contributed by atoms with van der Waals surface area (Å²) in [4.78, 5) is 33.4. The monoisotopic (exact) mass is 560 g/mol. The molecule has 0 bridgehead atoms. The van der Waals surface area contributed by atoms with E-state index in [1.54, 1.807) is 4.90 Å². The number of nitrogens with zero attached hydrogens (tertiary/aromatic N) is 3. The SMILES string of the molecule is O=C(O)N1CCC(n2c(=O)[nH]c3ccccc32)C[C@@]1(CCc1ccccc1)N(Cc1ccccc1)Cc1ccccc1. The number of nitrogens with one attached hydrogen (secondary N) is 1. The van der Waals surface area contributed by atoms with E-state index in [1.165, 1.54) is 0 Å². The molecular weight excluding hydrogens is 524 g/mol. The van der Waals surface area contributed by atoms with Crippen LogP contribution in [-0.2, 0) is 19.5 Å². The number of H-pyrrole nitrogens is 1. The number of imidazole rings is 1. The minimum absolute atomic E-state index is 0.153. The Labute approximate surface area is 245 Å². The van der Waals surface area contributed by atoms with Crippen molar-refractivity contribution in [3.63, 3.8) is 0 Å². The third-order valence-electron chi connectivity index (χ3n) is 8.65. The summed E-state index contributed by atoms with van der Waals surface area (Å²) in [6.07, 6.45) is 1.43. The number of hydrogen-bond acceptors (Lipinski definition) is 3. The molecule has 1 aliphatic heterocycles. The van der Waals surface area contributed by atoms with Crippen molar-refractivity contribution in [3.8, 4) is 0 Å². The van der Waals surface area contributed by atoms with Gasteiger partial charge in [-0.1, -0.05) is 103 Å². The van der Waals surface area contributed by atoms with Crippen molar-refractivity contribution in [3.05, 3.63) is 142 Å². The second kappa shape index (κ2) is 12.1. The number of para-hydroxylation sites is 2. The van der Waals surface area contributed by atoms with Crippen LogP contribution in [0.15, 0.2) is 120 Å². The Balaban J connectivity index is 1.49. The van der Waals surface area contributed by atoms with E-state index in [9.17, 15) is 14.7 Å². The van der Waals surface area contributed by atoms with Crippen LogP contribution in [0.3, 0.4) is 0 Å². The minimum Gasteiger partial charge on any atom is -0.465 e. The average molecular weight is 561 g/mol. The Morgan fingerprint density at radius 2 is 1.36 bits per heavy atom. The lowest BCUT2D eigenvalue weighted by atomic mass is 9.84. The van der Waals surface area contributed by atoms with E-state index in [4.69, 9.17) is 0 Å². The Bertz CT molecular complexity index is 1640. The maximum absolute atomic E-state index is 13.4. The zero-order valence-electron chi connectivity index (χ0n) is 23.6. The highest BCUT2D eigenvalue weighted by Gasteiger charge is 2.49. The number of carbonyl (C=O) groups is 1. The van der Waals surface area contributed by atoms with Gasteiger partial charge in [-0.3, -0.25) is 14.4 Å². The van der Waals surface area contributed by atoms with Gasteiger partial charge < -0.3 is 10.1 Å². The molecule has 1 aliphatic rings. The van der Waals surface area contributed by atoms with Gasteiger partial charge in [0.2, 0.25) is 0 Å². The van der Waals surface area contributed by atoms with Crippen LogP contribution in [0.1, 0.15) is 42.0 Å². The summed E-state index contributed by atoms with van der Waals surface area (Å²) in [5.74, 6) is 0. The largest absolute Gasteiger partial charge is 0.465 e. The molecule has 5 aromatic rings. The van der Waals surface area contributed by atoms with Crippen LogP contribution in [0.4, 0.5) is 4.79 Å². The molecule has 0 spiro atoms. The first kappa shape index (κ1) is 27.5. The van der Waals surface area contributed by atoms with Crippen molar-refractivity contribution in [1.29, 1.82) is 0 Å². The second-order valence-electron chi connectivity index (χ2n) is 11.2. The lowest BCUT2D eigenvalue weighted by molar-refractivity contribution is -0.0969. The normalized spacial score (nSPS) is 18.9. The van der Waals surface area contributed by atoms with Crippen LogP contribution in [0.25, 0.3) is 11.0 Å². The van der Waals surface area contributed by atoms with Crippen LogP contribution in [-0.4, -0.2) is 42.8 Å². The zero-order valence-corrected chi connectivity index (χ0v) is 23.6. The van der Waals surface area contributed by atoms with Gasteiger partial charge in [0, 0.05) is 32.1 Å².